The summed E-state index contributed by atoms with van der Waals surface area (Å²) in [5.41, 5.74) is 1.50. The minimum absolute atomic E-state index is 0.285. The summed E-state index contributed by atoms with van der Waals surface area (Å²) in [6.07, 6.45) is 0. The zero-order valence-electron chi connectivity index (χ0n) is 11.9. The Morgan fingerprint density at radius 3 is 2.50 bits per heavy atom. The average Bonchev–Trinajstić information content (AvgIpc) is 2.98. The van der Waals surface area contributed by atoms with Gasteiger partial charge in [-0.1, -0.05) is 41.9 Å². The van der Waals surface area contributed by atoms with Crippen molar-refractivity contribution in [3.63, 3.8) is 0 Å². The van der Waals surface area contributed by atoms with Gasteiger partial charge in [0, 0.05) is 11.6 Å². The normalized spacial score (nSPS) is 10.8. The molecule has 4 heteroatoms. The fourth-order valence-electron chi connectivity index (χ4n) is 2.24. The van der Waals surface area contributed by atoms with Crippen LogP contribution in [-0.2, 0) is 13.1 Å². The minimum Gasteiger partial charge on any atom is -0.460 e. The van der Waals surface area contributed by atoms with Crippen LogP contribution in [0.1, 0.15) is 11.3 Å². The Kier molecular flexibility index (Phi) is 4.56. The quantitative estimate of drug-likeness (QED) is 0.714. The number of nitrogens with one attached hydrogen (secondary N) is 1. The van der Waals surface area contributed by atoms with Crippen LogP contribution >= 0.6 is 11.6 Å². The number of hydrogen-bond acceptors (Lipinski definition) is 2. The third-order valence-electron chi connectivity index (χ3n) is 3.37. The Hall–Kier alpha value is -2.10. The molecule has 3 rings (SSSR count). The lowest BCUT2D eigenvalue weighted by Gasteiger charge is -2.05. The molecule has 0 saturated heterocycles. The van der Waals surface area contributed by atoms with Crippen molar-refractivity contribution in [3.05, 3.63) is 82.8 Å². The Balaban J connectivity index is 1.63. The van der Waals surface area contributed by atoms with E-state index >= 15 is 0 Å². The standard InChI is InChI=1S/C18H15ClFNO/c19-16-7-3-1-5-13(16)11-21-12-14-9-10-18(22-14)15-6-2-4-8-17(15)20/h1-10,21H,11-12H2. The van der Waals surface area contributed by atoms with Crippen LogP contribution in [0.15, 0.2) is 65.1 Å². The van der Waals surface area contributed by atoms with Gasteiger partial charge in [0.05, 0.1) is 12.1 Å². The first-order valence-electron chi connectivity index (χ1n) is 7.02. The first-order chi connectivity index (χ1) is 10.7. The first-order valence-corrected chi connectivity index (χ1v) is 7.39. The summed E-state index contributed by atoms with van der Waals surface area (Å²) in [6.45, 7) is 1.20. The lowest BCUT2D eigenvalue weighted by atomic mass is 10.1. The van der Waals surface area contributed by atoms with E-state index in [9.17, 15) is 4.39 Å². The van der Waals surface area contributed by atoms with Crippen LogP contribution in [0.2, 0.25) is 5.02 Å². The van der Waals surface area contributed by atoms with Crippen LogP contribution in [0.4, 0.5) is 4.39 Å². The van der Waals surface area contributed by atoms with Crippen molar-refractivity contribution in [2.75, 3.05) is 0 Å². The Labute approximate surface area is 133 Å². The third kappa shape index (κ3) is 3.38. The molecule has 1 heterocycles. The van der Waals surface area contributed by atoms with Crippen LogP contribution in [0.5, 0.6) is 0 Å². The summed E-state index contributed by atoms with van der Waals surface area (Å²) in [5, 5.41) is 4.00. The lowest BCUT2D eigenvalue weighted by molar-refractivity contribution is 0.490. The first kappa shape index (κ1) is 14.8. The minimum atomic E-state index is -0.285. The van der Waals surface area contributed by atoms with Gasteiger partial charge in [-0.2, -0.15) is 0 Å². The molecule has 0 radical (unpaired) electrons. The Bertz CT molecular complexity index is 769. The Morgan fingerprint density at radius 2 is 1.68 bits per heavy atom. The SMILES string of the molecule is Fc1ccccc1-c1ccc(CNCc2ccccc2Cl)o1. The van der Waals surface area contributed by atoms with Crippen LogP contribution in [0.25, 0.3) is 11.3 Å². The van der Waals surface area contributed by atoms with Crippen molar-refractivity contribution in [2.45, 2.75) is 13.1 Å². The van der Waals surface area contributed by atoms with E-state index in [1.165, 1.54) is 6.07 Å². The van der Waals surface area contributed by atoms with E-state index in [1.54, 1.807) is 24.3 Å². The van der Waals surface area contributed by atoms with Gasteiger partial charge in [0.15, 0.2) is 0 Å². The monoisotopic (exact) mass is 315 g/mol. The molecule has 22 heavy (non-hydrogen) atoms. The molecule has 2 nitrogen and oxygen atoms in total. The fraction of sp³-hybridized carbons (Fsp3) is 0.111. The molecule has 3 aromatic rings. The molecule has 0 aliphatic rings. The number of rotatable bonds is 5. The molecule has 0 fully saturated rings. The topological polar surface area (TPSA) is 25.2 Å². The van der Waals surface area contributed by atoms with Gasteiger partial charge in [-0.15, -0.1) is 0 Å². The van der Waals surface area contributed by atoms with Crippen LogP contribution in [0, 0.1) is 5.82 Å². The van der Waals surface area contributed by atoms with Gasteiger partial charge in [0.25, 0.3) is 0 Å². The molecular formula is C18H15ClFNO. The molecule has 0 aliphatic heterocycles. The van der Waals surface area contributed by atoms with Gasteiger partial charge < -0.3 is 9.73 Å². The van der Waals surface area contributed by atoms with Crippen molar-refractivity contribution in [1.29, 1.82) is 0 Å². The summed E-state index contributed by atoms with van der Waals surface area (Å²) in [5.74, 6) is 1.00. The van der Waals surface area contributed by atoms with E-state index in [1.807, 2.05) is 30.3 Å². The highest BCUT2D eigenvalue weighted by atomic mass is 35.5. The maximum Gasteiger partial charge on any atom is 0.137 e. The highest BCUT2D eigenvalue weighted by molar-refractivity contribution is 6.31. The third-order valence-corrected chi connectivity index (χ3v) is 3.74. The molecule has 0 atom stereocenters. The summed E-state index contributed by atoms with van der Waals surface area (Å²) in [6, 6.07) is 17.9. The van der Waals surface area contributed by atoms with E-state index in [4.69, 9.17) is 16.0 Å². The smallest absolute Gasteiger partial charge is 0.137 e. The molecule has 1 aromatic heterocycles. The zero-order chi connectivity index (χ0) is 15.4. The van der Waals surface area contributed by atoms with Crippen LogP contribution < -0.4 is 5.32 Å². The number of benzene rings is 2. The number of furan rings is 1. The number of hydrogen-bond donors (Lipinski definition) is 1. The average molecular weight is 316 g/mol. The van der Waals surface area contributed by atoms with E-state index in [-0.39, 0.29) is 5.82 Å². The van der Waals surface area contributed by atoms with E-state index in [0.717, 1.165) is 16.3 Å². The largest absolute Gasteiger partial charge is 0.460 e. The van der Waals surface area contributed by atoms with E-state index in [0.29, 0.717) is 24.4 Å². The second-order valence-corrected chi connectivity index (χ2v) is 5.35. The molecule has 1 N–H and O–H groups in total. The van der Waals surface area contributed by atoms with Gasteiger partial charge in [-0.3, -0.25) is 0 Å². The van der Waals surface area contributed by atoms with Crippen molar-refractivity contribution in [3.8, 4) is 11.3 Å². The molecular weight excluding hydrogens is 301 g/mol. The highest BCUT2D eigenvalue weighted by Gasteiger charge is 2.09. The van der Waals surface area contributed by atoms with E-state index in [2.05, 4.69) is 5.32 Å². The molecule has 2 aromatic carbocycles. The van der Waals surface area contributed by atoms with Gasteiger partial charge in [-0.05, 0) is 35.9 Å². The molecule has 0 aliphatic carbocycles. The maximum absolute atomic E-state index is 13.7. The molecule has 0 saturated carbocycles. The van der Waals surface area contributed by atoms with Crippen molar-refractivity contribution in [2.24, 2.45) is 0 Å². The molecule has 0 amide bonds. The second-order valence-electron chi connectivity index (χ2n) is 4.94. The second kappa shape index (κ2) is 6.77. The lowest BCUT2D eigenvalue weighted by Crippen LogP contribution is -2.12. The summed E-state index contributed by atoms with van der Waals surface area (Å²) in [7, 11) is 0. The van der Waals surface area contributed by atoms with E-state index < -0.39 is 0 Å². The fourth-order valence-corrected chi connectivity index (χ4v) is 2.44. The predicted molar refractivity (Wildman–Crippen MR) is 86.1 cm³/mol. The summed E-state index contributed by atoms with van der Waals surface area (Å²) in [4.78, 5) is 0. The zero-order valence-corrected chi connectivity index (χ0v) is 12.6. The highest BCUT2D eigenvalue weighted by Crippen LogP contribution is 2.24. The van der Waals surface area contributed by atoms with Gasteiger partial charge >= 0.3 is 0 Å². The number of halogens is 2. The molecule has 0 spiro atoms. The van der Waals surface area contributed by atoms with Crippen molar-refractivity contribution in [1.82, 2.24) is 5.32 Å². The van der Waals surface area contributed by atoms with Crippen LogP contribution in [-0.4, -0.2) is 0 Å². The summed E-state index contributed by atoms with van der Waals surface area (Å²) < 4.78 is 19.4. The van der Waals surface area contributed by atoms with Gasteiger partial charge in [-0.25, -0.2) is 4.39 Å². The van der Waals surface area contributed by atoms with Crippen molar-refractivity contribution >= 4 is 11.6 Å². The maximum atomic E-state index is 13.7. The summed E-state index contributed by atoms with van der Waals surface area (Å²) >= 11 is 6.10. The predicted octanol–water partition coefficient (Wildman–Crippen LogP) is 5.03. The molecule has 0 unspecified atom stereocenters. The Morgan fingerprint density at radius 1 is 0.909 bits per heavy atom. The molecule has 0 bridgehead atoms. The van der Waals surface area contributed by atoms with Gasteiger partial charge in [0.1, 0.15) is 17.3 Å². The van der Waals surface area contributed by atoms with Crippen LogP contribution in [0.3, 0.4) is 0 Å². The van der Waals surface area contributed by atoms with Crippen molar-refractivity contribution < 1.29 is 8.81 Å². The molecule has 112 valence electrons. The van der Waals surface area contributed by atoms with Gasteiger partial charge in [0.2, 0.25) is 0 Å².